The molecule has 243 valence electrons. The van der Waals surface area contributed by atoms with E-state index in [0.717, 1.165) is 19.3 Å². The summed E-state index contributed by atoms with van der Waals surface area (Å²) in [6, 6.07) is 6.26. The molecule has 44 heavy (non-hydrogen) atoms. The molecule has 1 radical (unpaired) electrons. The van der Waals surface area contributed by atoms with Gasteiger partial charge in [-0.3, -0.25) is 19.2 Å². The minimum atomic E-state index is -1.09. The van der Waals surface area contributed by atoms with Gasteiger partial charge in [-0.2, -0.15) is 5.26 Å². The summed E-state index contributed by atoms with van der Waals surface area (Å²) >= 11 is 0. The van der Waals surface area contributed by atoms with Crippen molar-refractivity contribution in [2.24, 2.45) is 11.7 Å². The third-order valence-electron chi connectivity index (χ3n) is 7.46. The number of nitrogens with one attached hydrogen (secondary N) is 2. The number of nitriles is 1. The molecular formula is C31H46N5O8. The molecule has 1 fully saturated rings. The lowest BCUT2D eigenvalue weighted by atomic mass is 9.95. The smallest absolute Gasteiger partial charge is 0.240 e. The number of benzene rings is 1. The number of hydrogen-bond acceptors (Lipinski definition) is 10. The molecular weight excluding hydrogens is 570 g/mol. The number of ketones is 2. The summed E-state index contributed by atoms with van der Waals surface area (Å²) in [4.78, 5) is 50.7. The number of nitrogens with zero attached hydrogens (tertiary/aromatic N) is 2. The number of amides is 2. The number of aromatic hydroxyl groups is 1. The Morgan fingerprint density at radius 2 is 1.84 bits per heavy atom. The van der Waals surface area contributed by atoms with Gasteiger partial charge >= 0.3 is 0 Å². The second-order valence-electron chi connectivity index (χ2n) is 11.0. The zero-order valence-corrected chi connectivity index (χ0v) is 25.2. The summed E-state index contributed by atoms with van der Waals surface area (Å²) in [5.41, 5.74) is 14.8. The number of aliphatic hydroxyl groups is 1. The Hall–Kier alpha value is -3.41. The van der Waals surface area contributed by atoms with Gasteiger partial charge in [0, 0.05) is 25.9 Å². The van der Waals surface area contributed by atoms with E-state index in [2.05, 4.69) is 11.4 Å². The highest BCUT2D eigenvalue weighted by Gasteiger charge is 2.31. The lowest BCUT2D eigenvalue weighted by Crippen LogP contribution is -2.45. The van der Waals surface area contributed by atoms with E-state index in [0.29, 0.717) is 37.8 Å². The number of hydrogen-bond donors (Lipinski definition) is 4. The number of carbonyl (C=O) groups excluding carboxylic acids is 4. The summed E-state index contributed by atoms with van der Waals surface area (Å²) in [6.07, 6.45) is 4.44. The molecule has 13 nitrogen and oxygen atoms in total. The Kier molecular flexibility index (Phi) is 17.2. The van der Waals surface area contributed by atoms with Gasteiger partial charge in [-0.1, -0.05) is 25.0 Å². The number of carbonyl (C=O) groups is 4. The zero-order chi connectivity index (χ0) is 32.3. The van der Waals surface area contributed by atoms with E-state index < -0.39 is 36.3 Å². The Balaban J connectivity index is 1.46. The van der Waals surface area contributed by atoms with Crippen molar-refractivity contribution in [2.75, 3.05) is 46.1 Å². The summed E-state index contributed by atoms with van der Waals surface area (Å²) in [7, 11) is 0. The molecule has 0 aromatic heterocycles. The molecule has 1 aliphatic heterocycles. The van der Waals surface area contributed by atoms with Crippen molar-refractivity contribution in [1.82, 2.24) is 16.0 Å². The van der Waals surface area contributed by atoms with E-state index in [4.69, 9.17) is 26.2 Å². The van der Waals surface area contributed by atoms with E-state index in [9.17, 15) is 29.4 Å². The van der Waals surface area contributed by atoms with Crippen molar-refractivity contribution >= 4 is 23.4 Å². The van der Waals surface area contributed by atoms with E-state index >= 15 is 0 Å². The Morgan fingerprint density at radius 3 is 2.55 bits per heavy atom. The largest absolute Gasteiger partial charge is 0.508 e. The van der Waals surface area contributed by atoms with Gasteiger partial charge in [0.2, 0.25) is 11.8 Å². The van der Waals surface area contributed by atoms with Crippen molar-refractivity contribution in [3.05, 3.63) is 29.8 Å². The van der Waals surface area contributed by atoms with Crippen LogP contribution in [0.2, 0.25) is 0 Å². The lowest BCUT2D eigenvalue weighted by molar-refractivity contribution is -0.132. The van der Waals surface area contributed by atoms with Crippen LogP contribution < -0.4 is 16.8 Å². The zero-order valence-electron chi connectivity index (χ0n) is 25.2. The van der Waals surface area contributed by atoms with Crippen molar-refractivity contribution in [3.8, 4) is 11.8 Å². The molecule has 13 heteroatoms. The minimum absolute atomic E-state index is 0.0292. The van der Waals surface area contributed by atoms with Crippen molar-refractivity contribution in [1.29, 1.82) is 5.26 Å². The van der Waals surface area contributed by atoms with Crippen molar-refractivity contribution < 1.29 is 38.9 Å². The molecule has 6 N–H and O–H groups in total. The summed E-state index contributed by atoms with van der Waals surface area (Å²) in [6.45, 7) is 0.785. The molecule has 1 heterocycles. The quantitative estimate of drug-likeness (QED) is 0.133. The van der Waals surface area contributed by atoms with Gasteiger partial charge < -0.3 is 35.6 Å². The molecule has 0 unspecified atom stereocenters. The highest BCUT2D eigenvalue weighted by atomic mass is 16.5. The third kappa shape index (κ3) is 13.5. The molecule has 0 saturated carbocycles. The predicted octanol–water partition coefficient (Wildman–Crippen LogP) is 0.665. The van der Waals surface area contributed by atoms with Crippen LogP contribution in [-0.4, -0.2) is 103 Å². The lowest BCUT2D eigenvalue weighted by Gasteiger charge is -2.23. The maximum Gasteiger partial charge on any atom is 0.240 e. The van der Waals surface area contributed by atoms with Gasteiger partial charge in [0.15, 0.2) is 11.6 Å². The molecule has 1 aliphatic rings. The second-order valence-corrected chi connectivity index (χ2v) is 11.0. The topological polar surface area (TPSA) is 216 Å². The number of unbranched alkanes of at least 4 members (excludes halogenated alkanes) is 2. The average molecular weight is 617 g/mol. The van der Waals surface area contributed by atoms with Crippen LogP contribution in [0.25, 0.3) is 0 Å². The second kappa shape index (κ2) is 20.5. The maximum atomic E-state index is 12.4. The third-order valence-corrected chi connectivity index (χ3v) is 7.46. The fourth-order valence-electron chi connectivity index (χ4n) is 4.84. The summed E-state index contributed by atoms with van der Waals surface area (Å²) < 4.78 is 10.7. The highest BCUT2D eigenvalue weighted by molar-refractivity contribution is 5.89. The van der Waals surface area contributed by atoms with Gasteiger partial charge in [0.25, 0.3) is 0 Å². The number of phenols is 1. The van der Waals surface area contributed by atoms with Gasteiger partial charge in [0.05, 0.1) is 50.5 Å². The fraction of sp³-hybridized carbons (Fsp3) is 0.645. The first kappa shape index (κ1) is 36.8. The van der Waals surface area contributed by atoms with Gasteiger partial charge in [-0.05, 0) is 49.8 Å². The monoisotopic (exact) mass is 616 g/mol. The molecule has 2 rings (SSSR count). The molecule has 1 aromatic carbocycles. The SMILES string of the molecule is N#C[C@@H]1CCCN1C(=O)[C@@H](N)CCCCCC(=O)COCCOCCNC(=O)[C@H](CO)CC(=O)[C@@H]([NH])Cc1ccc(O)cc1. The van der Waals surface area contributed by atoms with Gasteiger partial charge in [-0.25, -0.2) is 5.73 Å². The normalized spacial score (nSPS) is 16.6. The maximum absolute atomic E-state index is 12.4. The van der Waals surface area contributed by atoms with Crippen LogP contribution in [0.4, 0.5) is 0 Å². The van der Waals surface area contributed by atoms with Gasteiger partial charge in [0.1, 0.15) is 18.4 Å². The molecule has 0 aliphatic carbocycles. The molecule has 0 spiro atoms. The van der Waals surface area contributed by atoms with Gasteiger partial charge in [-0.15, -0.1) is 0 Å². The minimum Gasteiger partial charge on any atom is -0.508 e. The molecule has 1 saturated heterocycles. The van der Waals surface area contributed by atoms with Crippen molar-refractivity contribution in [2.45, 2.75) is 75.9 Å². The number of ether oxygens (including phenoxy) is 2. The number of aliphatic hydroxyl groups excluding tert-OH is 1. The Bertz CT molecular complexity index is 1090. The first-order valence-corrected chi connectivity index (χ1v) is 15.2. The van der Waals surface area contributed by atoms with E-state index in [1.165, 1.54) is 12.1 Å². The Labute approximate surface area is 258 Å². The molecule has 2 amide bonds. The van der Waals surface area contributed by atoms with Crippen LogP contribution in [0, 0.1) is 17.2 Å². The number of phenolic OH excluding ortho intramolecular Hbond substituents is 1. The number of nitrogens with two attached hydrogens (primary N) is 1. The number of Topliss-reactive ketones (excluding diaryl/α,β-unsaturated/α-hetero) is 2. The predicted molar refractivity (Wildman–Crippen MR) is 160 cm³/mol. The van der Waals surface area contributed by atoms with E-state index in [1.54, 1.807) is 17.0 Å². The summed E-state index contributed by atoms with van der Waals surface area (Å²) in [5.74, 6) is -2.04. The standard InChI is InChI=1S/C31H46N5O8/c32-19-24-5-4-13-36(24)31(42)27(33)7-3-1-2-6-26(39)21-44-16-15-43-14-12-35-30(41)23(20-37)18-29(40)28(34)17-22-8-10-25(38)11-9-22/h8-11,23-24,27-28,34,37-38H,1-7,12-18,20-21,33H2,(H,35,41)/t23-,24-,27-,28-/m0/s1. The molecule has 1 aromatic rings. The highest BCUT2D eigenvalue weighted by Crippen LogP contribution is 2.18. The van der Waals surface area contributed by atoms with Crippen LogP contribution in [0.1, 0.15) is 56.9 Å². The van der Waals surface area contributed by atoms with E-state index in [1.807, 2.05) is 0 Å². The first-order chi connectivity index (χ1) is 21.2. The van der Waals surface area contributed by atoms with Crippen LogP contribution >= 0.6 is 0 Å². The number of rotatable bonds is 22. The van der Waals surface area contributed by atoms with Crippen LogP contribution in [0.15, 0.2) is 24.3 Å². The molecule has 4 atom stereocenters. The summed E-state index contributed by atoms with van der Waals surface area (Å²) in [5, 5.41) is 30.6. The average Bonchev–Trinajstić information content (AvgIpc) is 3.50. The van der Waals surface area contributed by atoms with Crippen LogP contribution in [0.3, 0.4) is 0 Å². The number of likely N-dealkylation sites (tertiary alicyclic amines) is 1. The first-order valence-electron chi connectivity index (χ1n) is 15.2. The fourth-order valence-corrected chi connectivity index (χ4v) is 4.84. The van der Waals surface area contributed by atoms with E-state index in [-0.39, 0.29) is 69.3 Å². The van der Waals surface area contributed by atoms with Crippen LogP contribution in [-0.2, 0) is 35.1 Å². The Morgan fingerprint density at radius 1 is 1.11 bits per heavy atom. The van der Waals surface area contributed by atoms with Crippen LogP contribution in [0.5, 0.6) is 5.75 Å². The molecule has 0 bridgehead atoms. The van der Waals surface area contributed by atoms with Crippen molar-refractivity contribution in [3.63, 3.8) is 0 Å².